The molecule has 0 heterocycles. The Labute approximate surface area is 176 Å². The fraction of sp³-hybridized carbons (Fsp3) is 0.310. The average molecular weight is 381 g/mol. The zero-order valence-corrected chi connectivity index (χ0v) is 17.8. The fourth-order valence-electron chi connectivity index (χ4n) is 5.05. The van der Waals surface area contributed by atoms with E-state index >= 15 is 0 Å². The monoisotopic (exact) mass is 380 g/mol. The second-order valence-corrected chi connectivity index (χ2v) is 8.47. The van der Waals surface area contributed by atoms with Crippen LogP contribution in [-0.4, -0.2) is 0 Å². The smallest absolute Gasteiger partial charge is 0.0463 e. The molecular formula is C29H32. The summed E-state index contributed by atoms with van der Waals surface area (Å²) in [6.07, 6.45) is 7.84. The Morgan fingerprint density at radius 2 is 1.59 bits per heavy atom. The molecule has 2 atom stereocenters. The number of rotatable bonds is 8. The SMILES string of the molecule is C=CCCCCC1(c2ccccc2)c2ccccc2-c2ccc(C(C)CC)cc21. The molecule has 3 aromatic rings. The number of benzene rings is 3. The van der Waals surface area contributed by atoms with Crippen molar-refractivity contribution in [2.75, 3.05) is 0 Å². The Hall–Kier alpha value is -2.60. The van der Waals surface area contributed by atoms with E-state index in [1.807, 2.05) is 6.08 Å². The predicted octanol–water partition coefficient (Wildman–Crippen LogP) is 8.26. The summed E-state index contributed by atoms with van der Waals surface area (Å²) in [4.78, 5) is 0. The lowest BCUT2D eigenvalue weighted by Crippen LogP contribution is -2.27. The fourth-order valence-corrected chi connectivity index (χ4v) is 5.05. The van der Waals surface area contributed by atoms with Crippen LogP contribution in [0, 0.1) is 0 Å². The Balaban J connectivity index is 1.94. The van der Waals surface area contributed by atoms with Gasteiger partial charge in [-0.2, -0.15) is 0 Å². The lowest BCUT2D eigenvalue weighted by Gasteiger charge is -2.33. The van der Waals surface area contributed by atoms with Crippen molar-refractivity contribution in [3.05, 3.63) is 108 Å². The molecule has 148 valence electrons. The first-order chi connectivity index (χ1) is 14.2. The molecule has 1 aliphatic rings. The maximum Gasteiger partial charge on any atom is 0.0463 e. The molecule has 0 radical (unpaired) electrons. The van der Waals surface area contributed by atoms with Crippen molar-refractivity contribution < 1.29 is 0 Å². The summed E-state index contributed by atoms with van der Waals surface area (Å²) >= 11 is 0. The summed E-state index contributed by atoms with van der Waals surface area (Å²) in [5.41, 5.74) is 8.63. The van der Waals surface area contributed by atoms with Crippen molar-refractivity contribution in [2.45, 2.75) is 57.3 Å². The van der Waals surface area contributed by atoms with Gasteiger partial charge in [-0.05, 0) is 65.0 Å². The molecule has 2 unspecified atom stereocenters. The van der Waals surface area contributed by atoms with Crippen LogP contribution in [0.3, 0.4) is 0 Å². The first-order valence-corrected chi connectivity index (χ1v) is 11.1. The zero-order chi connectivity index (χ0) is 20.3. The maximum atomic E-state index is 3.92. The van der Waals surface area contributed by atoms with E-state index in [9.17, 15) is 0 Å². The topological polar surface area (TPSA) is 0 Å². The van der Waals surface area contributed by atoms with E-state index in [2.05, 4.69) is 93.2 Å². The molecule has 0 saturated carbocycles. The van der Waals surface area contributed by atoms with Crippen LogP contribution in [-0.2, 0) is 5.41 Å². The molecule has 0 N–H and O–H groups in total. The number of hydrogen-bond acceptors (Lipinski definition) is 0. The minimum Gasteiger partial charge on any atom is -0.103 e. The van der Waals surface area contributed by atoms with Crippen molar-refractivity contribution in [1.29, 1.82) is 0 Å². The average Bonchev–Trinajstić information content (AvgIpc) is 3.07. The van der Waals surface area contributed by atoms with Gasteiger partial charge in [-0.1, -0.05) is 99.1 Å². The van der Waals surface area contributed by atoms with Crippen LogP contribution >= 0.6 is 0 Å². The summed E-state index contributed by atoms with van der Waals surface area (Å²) in [5, 5.41) is 0. The molecule has 0 bridgehead atoms. The lowest BCUT2D eigenvalue weighted by atomic mass is 9.69. The van der Waals surface area contributed by atoms with E-state index in [1.54, 1.807) is 0 Å². The molecule has 0 fully saturated rings. The second-order valence-electron chi connectivity index (χ2n) is 8.47. The number of hydrogen-bond donors (Lipinski definition) is 0. The third-order valence-electron chi connectivity index (χ3n) is 6.84. The Kier molecular flexibility index (Phi) is 5.72. The summed E-state index contributed by atoms with van der Waals surface area (Å²) in [5.74, 6) is 0.582. The molecule has 3 aromatic carbocycles. The minimum absolute atomic E-state index is 0.0577. The van der Waals surface area contributed by atoms with E-state index < -0.39 is 0 Å². The molecule has 0 spiro atoms. The largest absolute Gasteiger partial charge is 0.103 e. The standard InChI is InChI=1S/C29H32/c1-4-6-7-13-20-29(24-14-9-8-10-15-24)27-17-12-11-16-25(27)26-19-18-23(21-28(26)29)22(3)5-2/h4,8-12,14-19,21-22H,1,5-7,13,20H2,2-3H3. The second kappa shape index (κ2) is 8.41. The number of unbranched alkanes of at least 4 members (excludes halogenated alkanes) is 2. The van der Waals surface area contributed by atoms with Crippen molar-refractivity contribution in [1.82, 2.24) is 0 Å². The van der Waals surface area contributed by atoms with Gasteiger partial charge in [-0.25, -0.2) is 0 Å². The Bertz CT molecular complexity index is 982. The summed E-state index contributed by atoms with van der Waals surface area (Å²) in [6.45, 7) is 8.55. The van der Waals surface area contributed by atoms with E-state index in [0.717, 1.165) is 12.8 Å². The van der Waals surface area contributed by atoms with Crippen molar-refractivity contribution in [3.63, 3.8) is 0 Å². The highest BCUT2D eigenvalue weighted by atomic mass is 14.5. The van der Waals surface area contributed by atoms with Gasteiger partial charge in [0.1, 0.15) is 0 Å². The molecular weight excluding hydrogens is 348 g/mol. The van der Waals surface area contributed by atoms with Crippen molar-refractivity contribution in [3.8, 4) is 11.1 Å². The van der Waals surface area contributed by atoms with Gasteiger partial charge in [0.05, 0.1) is 0 Å². The predicted molar refractivity (Wildman–Crippen MR) is 126 cm³/mol. The highest BCUT2D eigenvalue weighted by Crippen LogP contribution is 2.55. The van der Waals surface area contributed by atoms with Gasteiger partial charge in [-0.3, -0.25) is 0 Å². The quantitative estimate of drug-likeness (QED) is 0.272. The van der Waals surface area contributed by atoms with E-state index in [-0.39, 0.29) is 5.41 Å². The normalized spacial score (nSPS) is 18.1. The summed E-state index contributed by atoms with van der Waals surface area (Å²) in [6, 6.07) is 27.5. The molecule has 0 heteroatoms. The number of fused-ring (bicyclic) bond motifs is 3. The van der Waals surface area contributed by atoms with E-state index in [4.69, 9.17) is 0 Å². The minimum atomic E-state index is -0.0577. The van der Waals surface area contributed by atoms with Crippen LogP contribution in [0.15, 0.2) is 85.5 Å². The molecule has 0 nitrogen and oxygen atoms in total. The lowest BCUT2D eigenvalue weighted by molar-refractivity contribution is 0.529. The molecule has 0 saturated heterocycles. The third kappa shape index (κ3) is 3.35. The van der Waals surface area contributed by atoms with Gasteiger partial charge in [0.2, 0.25) is 0 Å². The van der Waals surface area contributed by atoms with Crippen LogP contribution < -0.4 is 0 Å². The molecule has 1 aliphatic carbocycles. The first-order valence-electron chi connectivity index (χ1n) is 11.1. The number of allylic oxidation sites excluding steroid dienone is 1. The van der Waals surface area contributed by atoms with Gasteiger partial charge in [0.25, 0.3) is 0 Å². The zero-order valence-electron chi connectivity index (χ0n) is 17.8. The Morgan fingerprint density at radius 1 is 0.862 bits per heavy atom. The van der Waals surface area contributed by atoms with E-state index in [0.29, 0.717) is 5.92 Å². The van der Waals surface area contributed by atoms with Gasteiger partial charge in [0.15, 0.2) is 0 Å². The molecule has 0 amide bonds. The third-order valence-corrected chi connectivity index (χ3v) is 6.84. The van der Waals surface area contributed by atoms with Crippen LogP contribution in [0.5, 0.6) is 0 Å². The highest BCUT2D eigenvalue weighted by molar-refractivity contribution is 5.83. The van der Waals surface area contributed by atoms with E-state index in [1.165, 1.54) is 52.6 Å². The Morgan fingerprint density at radius 3 is 2.34 bits per heavy atom. The van der Waals surface area contributed by atoms with Crippen LogP contribution in [0.2, 0.25) is 0 Å². The van der Waals surface area contributed by atoms with Gasteiger partial charge in [0, 0.05) is 5.41 Å². The van der Waals surface area contributed by atoms with Crippen molar-refractivity contribution in [2.24, 2.45) is 0 Å². The maximum absolute atomic E-state index is 3.92. The molecule has 0 aliphatic heterocycles. The molecule has 4 rings (SSSR count). The molecule has 0 aromatic heterocycles. The van der Waals surface area contributed by atoms with Crippen molar-refractivity contribution >= 4 is 0 Å². The van der Waals surface area contributed by atoms with Gasteiger partial charge in [-0.15, -0.1) is 6.58 Å². The summed E-state index contributed by atoms with van der Waals surface area (Å²) in [7, 11) is 0. The highest BCUT2D eigenvalue weighted by Gasteiger charge is 2.44. The summed E-state index contributed by atoms with van der Waals surface area (Å²) < 4.78 is 0. The van der Waals surface area contributed by atoms with Crippen LogP contribution in [0.25, 0.3) is 11.1 Å². The first kappa shape index (κ1) is 19.7. The molecule has 29 heavy (non-hydrogen) atoms. The van der Waals surface area contributed by atoms with Crippen LogP contribution in [0.4, 0.5) is 0 Å². The van der Waals surface area contributed by atoms with Gasteiger partial charge >= 0.3 is 0 Å². The van der Waals surface area contributed by atoms with Crippen LogP contribution in [0.1, 0.15) is 74.1 Å². The van der Waals surface area contributed by atoms with Gasteiger partial charge < -0.3 is 0 Å².